The third-order valence-electron chi connectivity index (χ3n) is 4.70. The number of hydrogen-bond acceptors (Lipinski definition) is 4. The zero-order valence-electron chi connectivity index (χ0n) is 16.1. The van der Waals surface area contributed by atoms with Gasteiger partial charge < -0.3 is 5.32 Å². The first-order valence-corrected chi connectivity index (χ1v) is 10.5. The lowest BCUT2D eigenvalue weighted by Gasteiger charge is -2.17. The fourth-order valence-electron chi connectivity index (χ4n) is 3.03. The molecule has 1 saturated carbocycles. The van der Waals surface area contributed by atoms with Crippen molar-refractivity contribution in [3.8, 4) is 11.4 Å². The van der Waals surface area contributed by atoms with Crippen molar-refractivity contribution in [3.63, 3.8) is 0 Å². The third-order valence-corrected chi connectivity index (χ3v) is 5.94. The SMILES string of the molecule is C=CCn1c(SC(C(=O)NC2CC2)c2ccc(F)cc2)nnc1-c1ccccc1F. The second-order valence-corrected chi connectivity index (χ2v) is 8.09. The first-order chi connectivity index (χ1) is 14.6. The number of carbonyl (C=O) groups is 1. The van der Waals surface area contributed by atoms with E-state index in [1.165, 1.54) is 30.0 Å². The number of carbonyl (C=O) groups excluding carboxylic acids is 1. The van der Waals surface area contributed by atoms with Crippen LogP contribution in [0.15, 0.2) is 66.3 Å². The minimum absolute atomic E-state index is 0.172. The molecule has 0 bridgehead atoms. The summed E-state index contributed by atoms with van der Waals surface area (Å²) in [5.41, 5.74) is 0.972. The van der Waals surface area contributed by atoms with Gasteiger partial charge in [-0.15, -0.1) is 16.8 Å². The summed E-state index contributed by atoms with van der Waals surface area (Å²) in [7, 11) is 0. The van der Waals surface area contributed by atoms with Gasteiger partial charge in [0.1, 0.15) is 16.9 Å². The molecule has 5 nitrogen and oxygen atoms in total. The molecular formula is C22H20F2N4OS. The van der Waals surface area contributed by atoms with E-state index in [1.807, 2.05) is 0 Å². The van der Waals surface area contributed by atoms with Gasteiger partial charge in [0.2, 0.25) is 5.91 Å². The molecule has 1 atom stereocenters. The van der Waals surface area contributed by atoms with Gasteiger partial charge in [-0.3, -0.25) is 9.36 Å². The average Bonchev–Trinajstić information content (AvgIpc) is 3.47. The number of benzene rings is 2. The molecule has 1 amide bonds. The Morgan fingerprint density at radius 2 is 1.93 bits per heavy atom. The number of amides is 1. The number of aromatic nitrogens is 3. The van der Waals surface area contributed by atoms with Crippen molar-refractivity contribution in [2.75, 3.05) is 0 Å². The molecule has 0 radical (unpaired) electrons. The van der Waals surface area contributed by atoms with Crippen molar-refractivity contribution < 1.29 is 13.6 Å². The lowest BCUT2D eigenvalue weighted by Crippen LogP contribution is -2.30. The van der Waals surface area contributed by atoms with Crippen LogP contribution in [-0.2, 0) is 11.3 Å². The van der Waals surface area contributed by atoms with Gasteiger partial charge in [-0.1, -0.05) is 42.1 Å². The van der Waals surface area contributed by atoms with E-state index in [4.69, 9.17) is 0 Å². The zero-order valence-corrected chi connectivity index (χ0v) is 16.9. The van der Waals surface area contributed by atoms with E-state index in [1.54, 1.807) is 41.0 Å². The summed E-state index contributed by atoms with van der Waals surface area (Å²) in [6.45, 7) is 4.11. The molecule has 0 saturated heterocycles. The molecule has 1 aliphatic carbocycles. The van der Waals surface area contributed by atoms with Crippen molar-refractivity contribution in [3.05, 3.63) is 78.4 Å². The molecule has 2 aromatic carbocycles. The van der Waals surface area contributed by atoms with Gasteiger partial charge in [-0.25, -0.2) is 8.78 Å². The zero-order chi connectivity index (χ0) is 21.1. The number of rotatable bonds is 8. The van der Waals surface area contributed by atoms with E-state index < -0.39 is 11.1 Å². The highest BCUT2D eigenvalue weighted by atomic mass is 32.2. The molecule has 3 aromatic rings. The fourth-order valence-corrected chi connectivity index (χ4v) is 4.09. The Hall–Kier alpha value is -3.00. The molecule has 0 spiro atoms. The Morgan fingerprint density at radius 3 is 2.60 bits per heavy atom. The minimum atomic E-state index is -0.646. The number of halogens is 2. The van der Waals surface area contributed by atoms with Crippen LogP contribution in [0, 0.1) is 11.6 Å². The standard InChI is InChI=1S/C22H20F2N4OS/c1-2-13-28-20(17-5-3-4-6-18(17)24)26-27-22(28)30-19(21(29)25-16-11-12-16)14-7-9-15(23)10-8-14/h2-10,16,19H,1,11-13H2,(H,25,29). The summed E-state index contributed by atoms with van der Waals surface area (Å²) < 4.78 is 29.5. The highest BCUT2D eigenvalue weighted by Crippen LogP contribution is 2.37. The molecule has 1 aliphatic rings. The number of thioether (sulfide) groups is 1. The summed E-state index contributed by atoms with van der Waals surface area (Å²) in [6.07, 6.45) is 3.57. The Morgan fingerprint density at radius 1 is 1.20 bits per heavy atom. The molecular weight excluding hydrogens is 406 g/mol. The number of allylic oxidation sites excluding steroid dienone is 1. The first-order valence-electron chi connectivity index (χ1n) is 9.58. The van der Waals surface area contributed by atoms with Gasteiger partial charge in [0.25, 0.3) is 0 Å². The summed E-state index contributed by atoms with van der Waals surface area (Å²) in [6, 6.07) is 12.3. The van der Waals surface area contributed by atoms with Crippen LogP contribution in [0.4, 0.5) is 8.78 Å². The van der Waals surface area contributed by atoms with Gasteiger partial charge in [0.15, 0.2) is 11.0 Å². The number of nitrogens with one attached hydrogen (secondary N) is 1. The van der Waals surface area contributed by atoms with E-state index in [0.717, 1.165) is 12.8 Å². The predicted molar refractivity (Wildman–Crippen MR) is 112 cm³/mol. The van der Waals surface area contributed by atoms with Gasteiger partial charge >= 0.3 is 0 Å². The van der Waals surface area contributed by atoms with Crippen LogP contribution >= 0.6 is 11.8 Å². The maximum Gasteiger partial charge on any atom is 0.238 e. The van der Waals surface area contributed by atoms with Gasteiger partial charge in [0, 0.05) is 12.6 Å². The Bertz CT molecular complexity index is 1060. The summed E-state index contributed by atoms with van der Waals surface area (Å²) in [5.74, 6) is -0.597. The summed E-state index contributed by atoms with van der Waals surface area (Å²) >= 11 is 1.20. The van der Waals surface area contributed by atoms with Crippen LogP contribution in [0.5, 0.6) is 0 Å². The summed E-state index contributed by atoms with van der Waals surface area (Å²) in [4.78, 5) is 12.9. The van der Waals surface area contributed by atoms with Crippen LogP contribution in [0.25, 0.3) is 11.4 Å². The van der Waals surface area contributed by atoms with E-state index in [-0.39, 0.29) is 17.8 Å². The second kappa shape index (κ2) is 8.79. The van der Waals surface area contributed by atoms with Gasteiger partial charge in [-0.2, -0.15) is 0 Å². The van der Waals surface area contributed by atoms with Gasteiger partial charge in [0.05, 0.1) is 5.56 Å². The topological polar surface area (TPSA) is 59.8 Å². The lowest BCUT2D eigenvalue weighted by molar-refractivity contribution is -0.120. The molecule has 8 heteroatoms. The van der Waals surface area contributed by atoms with E-state index in [0.29, 0.717) is 28.7 Å². The lowest BCUT2D eigenvalue weighted by atomic mass is 10.1. The molecule has 1 fully saturated rings. The predicted octanol–water partition coefficient (Wildman–Crippen LogP) is 4.52. The van der Waals surface area contributed by atoms with Crippen LogP contribution in [0.3, 0.4) is 0 Å². The molecule has 154 valence electrons. The Labute approximate surface area is 177 Å². The molecule has 4 rings (SSSR count). The Kier molecular flexibility index (Phi) is 5.94. The molecule has 1 aromatic heterocycles. The van der Waals surface area contributed by atoms with E-state index in [2.05, 4.69) is 22.1 Å². The second-order valence-electron chi connectivity index (χ2n) is 7.02. The Balaban J connectivity index is 1.70. The maximum atomic E-state index is 14.3. The van der Waals surface area contributed by atoms with Gasteiger partial charge in [-0.05, 0) is 42.7 Å². The van der Waals surface area contributed by atoms with Crippen molar-refractivity contribution in [2.45, 2.75) is 35.8 Å². The third kappa shape index (κ3) is 4.43. The quantitative estimate of drug-likeness (QED) is 0.425. The van der Waals surface area contributed by atoms with Crippen LogP contribution in [0.1, 0.15) is 23.7 Å². The van der Waals surface area contributed by atoms with Crippen LogP contribution < -0.4 is 5.32 Å². The monoisotopic (exact) mass is 426 g/mol. The number of hydrogen-bond donors (Lipinski definition) is 1. The smallest absolute Gasteiger partial charge is 0.238 e. The van der Waals surface area contributed by atoms with Crippen molar-refractivity contribution in [1.82, 2.24) is 20.1 Å². The summed E-state index contributed by atoms with van der Waals surface area (Å²) in [5, 5.41) is 11.2. The minimum Gasteiger partial charge on any atom is -0.352 e. The number of nitrogens with zero attached hydrogens (tertiary/aromatic N) is 3. The largest absolute Gasteiger partial charge is 0.352 e. The van der Waals surface area contributed by atoms with Crippen LogP contribution in [-0.4, -0.2) is 26.7 Å². The molecule has 1 heterocycles. The van der Waals surface area contributed by atoms with E-state index in [9.17, 15) is 13.6 Å². The normalized spacial score (nSPS) is 14.3. The molecule has 1 unspecified atom stereocenters. The molecule has 30 heavy (non-hydrogen) atoms. The molecule has 0 aliphatic heterocycles. The first kappa shape index (κ1) is 20.3. The average molecular weight is 426 g/mol. The maximum absolute atomic E-state index is 14.3. The molecule has 1 N–H and O–H groups in total. The van der Waals surface area contributed by atoms with E-state index >= 15 is 0 Å². The van der Waals surface area contributed by atoms with Crippen molar-refractivity contribution >= 4 is 17.7 Å². The highest BCUT2D eigenvalue weighted by molar-refractivity contribution is 8.00. The highest BCUT2D eigenvalue weighted by Gasteiger charge is 2.31. The van der Waals surface area contributed by atoms with Crippen molar-refractivity contribution in [1.29, 1.82) is 0 Å². The van der Waals surface area contributed by atoms with Crippen molar-refractivity contribution in [2.24, 2.45) is 0 Å². The van der Waals surface area contributed by atoms with Crippen LogP contribution in [0.2, 0.25) is 0 Å². The fraction of sp³-hybridized carbons (Fsp3) is 0.227.